The molecule has 2 heterocycles. The van der Waals surface area contributed by atoms with Crippen LogP contribution >= 0.6 is 0 Å². The van der Waals surface area contributed by atoms with Gasteiger partial charge in [0.2, 0.25) is 0 Å². The normalized spacial score (nSPS) is 20.3. The minimum Gasteiger partial charge on any atom is -0.493 e. The predicted molar refractivity (Wildman–Crippen MR) is 109 cm³/mol. The van der Waals surface area contributed by atoms with Crippen LogP contribution in [0, 0.1) is 0 Å². The van der Waals surface area contributed by atoms with Crippen molar-refractivity contribution in [1.82, 2.24) is 9.80 Å². The molecule has 2 fully saturated rings. The van der Waals surface area contributed by atoms with Crippen LogP contribution in [0.1, 0.15) is 44.9 Å². The van der Waals surface area contributed by atoms with E-state index in [-0.39, 0.29) is 0 Å². The van der Waals surface area contributed by atoms with E-state index >= 15 is 0 Å². The zero-order valence-electron chi connectivity index (χ0n) is 16.7. The number of nitrogens with zero attached hydrogens (tertiary/aromatic N) is 2. The van der Waals surface area contributed by atoms with Crippen molar-refractivity contribution in [3.05, 3.63) is 24.3 Å². The lowest BCUT2D eigenvalue weighted by atomic mass is 10.1. The quantitative estimate of drug-likeness (QED) is 0.636. The van der Waals surface area contributed by atoms with Gasteiger partial charge in [-0.25, -0.2) is 0 Å². The van der Waals surface area contributed by atoms with Crippen LogP contribution in [-0.2, 0) is 0 Å². The van der Waals surface area contributed by atoms with Gasteiger partial charge in [0.15, 0.2) is 0 Å². The maximum atomic E-state index is 10.2. The lowest BCUT2D eigenvalue weighted by Crippen LogP contribution is -2.38. The monoisotopic (exact) mass is 376 g/mol. The molecular formula is C22H36N2O3. The van der Waals surface area contributed by atoms with Crippen molar-refractivity contribution in [3.8, 4) is 11.5 Å². The number of β-amino-alcohol motifs (C(OH)–C–C–N with tert-alkyl or cyclic N) is 1. The van der Waals surface area contributed by atoms with Crippen LogP contribution in [0.5, 0.6) is 11.5 Å². The second-order valence-electron chi connectivity index (χ2n) is 7.91. The van der Waals surface area contributed by atoms with E-state index in [1.54, 1.807) is 0 Å². The third-order valence-electron chi connectivity index (χ3n) is 5.50. The van der Waals surface area contributed by atoms with Crippen molar-refractivity contribution in [2.75, 3.05) is 52.5 Å². The van der Waals surface area contributed by atoms with Crippen molar-refractivity contribution >= 4 is 0 Å². The van der Waals surface area contributed by atoms with Gasteiger partial charge in [0.05, 0.1) is 6.61 Å². The summed E-state index contributed by atoms with van der Waals surface area (Å²) in [6.07, 6.45) is 8.46. The van der Waals surface area contributed by atoms with Gasteiger partial charge in [0.1, 0.15) is 24.2 Å². The maximum absolute atomic E-state index is 10.2. The second-order valence-corrected chi connectivity index (χ2v) is 7.91. The van der Waals surface area contributed by atoms with Gasteiger partial charge in [-0.1, -0.05) is 18.9 Å². The Morgan fingerprint density at radius 1 is 0.852 bits per heavy atom. The van der Waals surface area contributed by atoms with Gasteiger partial charge < -0.3 is 24.4 Å². The lowest BCUT2D eigenvalue weighted by molar-refractivity contribution is 0.0616. The highest BCUT2D eigenvalue weighted by molar-refractivity contribution is 5.32. The third-order valence-corrected chi connectivity index (χ3v) is 5.50. The molecule has 5 nitrogen and oxygen atoms in total. The molecule has 27 heavy (non-hydrogen) atoms. The Morgan fingerprint density at radius 3 is 2.19 bits per heavy atom. The van der Waals surface area contributed by atoms with Crippen LogP contribution in [0.2, 0.25) is 0 Å². The molecule has 0 aliphatic carbocycles. The number of hydrogen-bond acceptors (Lipinski definition) is 5. The standard InChI is InChI=1S/C22H36N2O3/c25-20(18-24-13-5-2-6-14-24)19-27-22-10-7-9-21(17-22)26-16-8-15-23-11-3-1-4-12-23/h7,9-10,17,20,25H,1-6,8,11-16,18-19H2/t20-/m0/s1. The molecule has 0 saturated carbocycles. The predicted octanol–water partition coefficient (Wildman–Crippen LogP) is 3.17. The largest absolute Gasteiger partial charge is 0.493 e. The van der Waals surface area contributed by atoms with Crippen molar-refractivity contribution in [3.63, 3.8) is 0 Å². The minimum absolute atomic E-state index is 0.328. The summed E-state index contributed by atoms with van der Waals surface area (Å²) in [7, 11) is 0. The van der Waals surface area contributed by atoms with Crippen molar-refractivity contribution in [1.29, 1.82) is 0 Å². The topological polar surface area (TPSA) is 45.2 Å². The summed E-state index contributed by atoms with van der Waals surface area (Å²) >= 11 is 0. The molecule has 2 saturated heterocycles. The number of likely N-dealkylation sites (tertiary alicyclic amines) is 2. The Kier molecular flexibility index (Phi) is 8.72. The first kappa shape index (κ1) is 20.4. The van der Waals surface area contributed by atoms with Crippen LogP contribution in [-0.4, -0.2) is 73.5 Å². The smallest absolute Gasteiger partial charge is 0.123 e. The van der Waals surface area contributed by atoms with E-state index in [4.69, 9.17) is 9.47 Å². The van der Waals surface area contributed by atoms with Crippen LogP contribution in [0.15, 0.2) is 24.3 Å². The summed E-state index contributed by atoms with van der Waals surface area (Å²) in [5.41, 5.74) is 0. The Hall–Kier alpha value is -1.30. The second kappa shape index (κ2) is 11.5. The Labute approximate surface area is 164 Å². The van der Waals surface area contributed by atoms with Crippen molar-refractivity contribution in [2.45, 2.75) is 51.0 Å². The van der Waals surface area contributed by atoms with Crippen molar-refractivity contribution in [2.24, 2.45) is 0 Å². The molecule has 1 aromatic carbocycles. The van der Waals surface area contributed by atoms with E-state index in [0.717, 1.165) is 44.2 Å². The molecule has 0 aromatic heterocycles. The molecule has 1 aromatic rings. The zero-order valence-corrected chi connectivity index (χ0v) is 16.7. The fourth-order valence-electron chi connectivity index (χ4n) is 4.00. The SMILES string of the molecule is O[C@H](COc1cccc(OCCCN2CCCCC2)c1)CN1CCCCC1. The summed E-state index contributed by atoms with van der Waals surface area (Å²) in [5, 5.41) is 10.2. The van der Waals surface area contributed by atoms with Gasteiger partial charge >= 0.3 is 0 Å². The summed E-state index contributed by atoms with van der Waals surface area (Å²) in [6.45, 7) is 7.56. The third kappa shape index (κ3) is 7.68. The molecule has 152 valence electrons. The number of piperidine rings is 2. The van der Waals surface area contributed by atoms with E-state index in [2.05, 4.69) is 9.80 Å². The van der Waals surface area contributed by atoms with Crippen LogP contribution in [0.3, 0.4) is 0 Å². The summed E-state index contributed by atoms with van der Waals surface area (Å²) < 4.78 is 11.7. The van der Waals surface area contributed by atoms with Crippen LogP contribution < -0.4 is 9.47 Å². The zero-order chi connectivity index (χ0) is 18.7. The van der Waals surface area contributed by atoms with Crippen LogP contribution in [0.4, 0.5) is 0 Å². The number of aliphatic hydroxyl groups excluding tert-OH is 1. The van der Waals surface area contributed by atoms with E-state index in [9.17, 15) is 5.11 Å². The number of aliphatic hydroxyl groups is 1. The minimum atomic E-state index is -0.447. The Bertz CT molecular complexity index is 528. The average Bonchev–Trinajstić information content (AvgIpc) is 2.72. The van der Waals surface area contributed by atoms with E-state index in [1.807, 2.05) is 24.3 Å². The molecule has 0 unspecified atom stereocenters. The fourth-order valence-corrected chi connectivity index (χ4v) is 4.00. The number of hydrogen-bond donors (Lipinski definition) is 1. The Balaban J connectivity index is 1.32. The van der Waals surface area contributed by atoms with Crippen molar-refractivity contribution < 1.29 is 14.6 Å². The van der Waals surface area contributed by atoms with Gasteiger partial charge in [0, 0.05) is 19.2 Å². The van der Waals surface area contributed by atoms with E-state index in [0.29, 0.717) is 13.2 Å². The van der Waals surface area contributed by atoms with Gasteiger partial charge in [-0.15, -0.1) is 0 Å². The first-order chi connectivity index (χ1) is 13.3. The highest BCUT2D eigenvalue weighted by Crippen LogP contribution is 2.20. The molecular weight excluding hydrogens is 340 g/mol. The summed E-state index contributed by atoms with van der Waals surface area (Å²) in [4.78, 5) is 4.87. The molecule has 1 N–H and O–H groups in total. The number of rotatable bonds is 10. The number of benzene rings is 1. The highest BCUT2D eigenvalue weighted by atomic mass is 16.5. The molecule has 0 radical (unpaired) electrons. The first-order valence-corrected chi connectivity index (χ1v) is 10.8. The molecule has 0 spiro atoms. The molecule has 3 rings (SSSR count). The molecule has 1 atom stereocenters. The molecule has 2 aliphatic rings. The highest BCUT2D eigenvalue weighted by Gasteiger charge is 2.15. The average molecular weight is 377 g/mol. The number of ether oxygens (including phenoxy) is 2. The molecule has 5 heteroatoms. The molecule has 2 aliphatic heterocycles. The Morgan fingerprint density at radius 2 is 1.48 bits per heavy atom. The summed E-state index contributed by atoms with van der Waals surface area (Å²) in [5.74, 6) is 1.61. The first-order valence-electron chi connectivity index (χ1n) is 10.8. The van der Waals surface area contributed by atoms with Gasteiger partial charge in [-0.05, 0) is 70.4 Å². The van der Waals surface area contributed by atoms with Gasteiger partial charge in [-0.2, -0.15) is 0 Å². The van der Waals surface area contributed by atoms with Gasteiger partial charge in [0.25, 0.3) is 0 Å². The fraction of sp³-hybridized carbons (Fsp3) is 0.727. The van der Waals surface area contributed by atoms with Gasteiger partial charge in [-0.3, -0.25) is 0 Å². The van der Waals surface area contributed by atoms with E-state index < -0.39 is 6.10 Å². The lowest BCUT2D eigenvalue weighted by Gasteiger charge is -2.28. The summed E-state index contributed by atoms with van der Waals surface area (Å²) in [6, 6.07) is 7.77. The maximum Gasteiger partial charge on any atom is 0.123 e. The molecule has 0 bridgehead atoms. The van der Waals surface area contributed by atoms with E-state index in [1.165, 1.54) is 51.6 Å². The van der Waals surface area contributed by atoms with Crippen LogP contribution in [0.25, 0.3) is 0 Å². The molecule has 0 amide bonds.